The number of carbonyl (C=O) groups is 1. The fraction of sp³-hybridized carbons (Fsp3) is 0.468. The first-order valence-corrected chi connectivity index (χ1v) is 20.5. The van der Waals surface area contributed by atoms with Crippen LogP contribution in [0.25, 0.3) is 0 Å². The Kier molecular flexibility index (Phi) is 16.1. The predicted molar refractivity (Wildman–Crippen MR) is 219 cm³/mol. The molecule has 0 spiro atoms. The van der Waals surface area contributed by atoms with Crippen molar-refractivity contribution < 1.29 is 66.8 Å². The summed E-state index contributed by atoms with van der Waals surface area (Å²) in [5.74, 6) is -7.55. The lowest BCUT2D eigenvalue weighted by Crippen LogP contribution is -2.60. The summed E-state index contributed by atoms with van der Waals surface area (Å²) in [6, 6.07) is 27.1. The van der Waals surface area contributed by atoms with Crippen LogP contribution in [0.1, 0.15) is 88.6 Å². The van der Waals surface area contributed by atoms with Crippen LogP contribution in [-0.2, 0) is 44.6 Å². The molecule has 6 rings (SSSR count). The van der Waals surface area contributed by atoms with Crippen LogP contribution in [0.4, 0.5) is 22.4 Å². The van der Waals surface area contributed by atoms with Gasteiger partial charge in [0.25, 0.3) is 0 Å². The van der Waals surface area contributed by atoms with Crippen LogP contribution in [0.5, 0.6) is 0 Å². The first-order valence-electron chi connectivity index (χ1n) is 20.5. The highest BCUT2D eigenvalue weighted by Crippen LogP contribution is 2.43. The highest BCUT2D eigenvalue weighted by atomic mass is 19.3. The summed E-state index contributed by atoms with van der Waals surface area (Å²) in [6.07, 6.45) is -12.5. The smallest absolute Gasteiger partial charge is 0.435 e. The van der Waals surface area contributed by atoms with E-state index in [9.17, 15) is 47.9 Å². The number of rotatable bonds is 12. The molecule has 10 nitrogen and oxygen atoms in total. The van der Waals surface area contributed by atoms with Gasteiger partial charge in [0, 0.05) is 0 Å². The van der Waals surface area contributed by atoms with E-state index in [1.807, 2.05) is 44.2 Å². The second-order valence-corrected chi connectivity index (χ2v) is 15.6. The number of aliphatic hydroxyl groups is 5. The van der Waals surface area contributed by atoms with Gasteiger partial charge in [-0.1, -0.05) is 98.8 Å². The van der Waals surface area contributed by atoms with E-state index in [2.05, 4.69) is 55.0 Å². The topological polar surface area (TPSA) is 155 Å². The summed E-state index contributed by atoms with van der Waals surface area (Å²) in [7, 11) is 0. The van der Waals surface area contributed by atoms with Gasteiger partial charge in [0.15, 0.2) is 6.10 Å². The molecule has 0 aliphatic carbocycles. The van der Waals surface area contributed by atoms with Gasteiger partial charge in [0.1, 0.15) is 49.3 Å². The zero-order valence-corrected chi connectivity index (χ0v) is 34.9. The van der Waals surface area contributed by atoms with Gasteiger partial charge in [0.05, 0.1) is 13.2 Å². The van der Waals surface area contributed by atoms with Crippen LogP contribution in [-0.4, -0.2) is 100.0 Å². The molecule has 0 radical (unpaired) electrons. The molecule has 0 saturated carbocycles. The molecule has 8 unspecified atom stereocenters. The largest absolute Gasteiger partial charge is 0.508 e. The first-order chi connectivity index (χ1) is 28.9. The summed E-state index contributed by atoms with van der Waals surface area (Å²) in [5.41, 5.74) is 9.56. The van der Waals surface area contributed by atoms with Gasteiger partial charge in [-0.2, -0.15) is 0 Å². The lowest BCUT2D eigenvalue weighted by atomic mass is 9.88. The highest BCUT2D eigenvalue weighted by Gasteiger charge is 2.59. The number of aryl methyl sites for hydroxylation is 4. The maximum atomic E-state index is 14.6. The van der Waals surface area contributed by atoms with Crippen LogP contribution < -0.4 is 0 Å². The highest BCUT2D eigenvalue weighted by molar-refractivity contribution is 5.59. The van der Waals surface area contributed by atoms with Gasteiger partial charge in [-0.25, -0.2) is 22.4 Å². The Bertz CT molecular complexity index is 2040. The van der Waals surface area contributed by atoms with Crippen molar-refractivity contribution in [2.24, 2.45) is 0 Å². The van der Waals surface area contributed by atoms with E-state index in [-0.39, 0.29) is 6.61 Å². The second kappa shape index (κ2) is 20.6. The van der Waals surface area contributed by atoms with Crippen LogP contribution in [0.2, 0.25) is 0 Å². The van der Waals surface area contributed by atoms with Gasteiger partial charge in [-0.15, -0.1) is 0 Å². The fourth-order valence-corrected chi connectivity index (χ4v) is 7.38. The van der Waals surface area contributed by atoms with E-state index in [0.717, 1.165) is 46.2 Å². The average Bonchev–Trinajstić information content (AvgIpc) is 3.24. The third-order valence-electron chi connectivity index (χ3n) is 11.4. The normalized spacial score (nSPS) is 25.5. The molecule has 0 bridgehead atoms. The Morgan fingerprint density at radius 1 is 0.607 bits per heavy atom. The summed E-state index contributed by atoms with van der Waals surface area (Å²) in [5, 5.41) is 49.9. The van der Waals surface area contributed by atoms with Crippen molar-refractivity contribution in [3.05, 3.63) is 141 Å². The minimum Gasteiger partial charge on any atom is -0.435 e. The van der Waals surface area contributed by atoms with Crippen LogP contribution >= 0.6 is 0 Å². The fourth-order valence-electron chi connectivity index (χ4n) is 7.38. The van der Waals surface area contributed by atoms with Crippen molar-refractivity contribution in [3.63, 3.8) is 0 Å². The lowest BCUT2D eigenvalue weighted by Gasteiger charge is -2.42. The van der Waals surface area contributed by atoms with Gasteiger partial charge < -0.3 is 44.5 Å². The van der Waals surface area contributed by atoms with Crippen LogP contribution in [0, 0.1) is 13.8 Å². The quantitative estimate of drug-likeness (QED) is 0.0740. The molecule has 0 aromatic heterocycles. The van der Waals surface area contributed by atoms with Crippen molar-refractivity contribution >= 4 is 6.16 Å². The monoisotopic (exact) mass is 856 g/mol. The summed E-state index contributed by atoms with van der Waals surface area (Å²) in [4.78, 5) is 11.4. The SMILES string of the molecule is CCOC(=O)OCC1OC(c2ccc(C)c(Cc3ccc(CC)cc3)c2)C(O)C(O)C1(F)F.CCc1ccc(Cc2cc(C3OC(CO)C(F)(F)C(O)C3O)ccc2C)cc1. The van der Waals surface area contributed by atoms with E-state index in [1.165, 1.54) is 11.1 Å². The second-order valence-electron chi connectivity index (χ2n) is 15.6. The molecular formula is C47H56F4O10. The number of halogens is 4. The molecule has 14 heteroatoms. The van der Waals surface area contributed by atoms with E-state index < -0.39 is 80.0 Å². The van der Waals surface area contributed by atoms with Crippen molar-refractivity contribution in [2.75, 3.05) is 19.8 Å². The molecule has 0 amide bonds. The maximum Gasteiger partial charge on any atom is 0.508 e. The van der Waals surface area contributed by atoms with Crippen LogP contribution in [0.3, 0.4) is 0 Å². The lowest BCUT2D eigenvalue weighted by molar-refractivity contribution is -0.296. The van der Waals surface area contributed by atoms with Gasteiger partial charge in [-0.3, -0.25) is 0 Å². The minimum atomic E-state index is -3.82. The molecule has 2 aliphatic heterocycles. The average molecular weight is 857 g/mol. The van der Waals surface area contributed by atoms with Gasteiger partial charge in [-0.05, 0) is 102 Å². The zero-order chi connectivity index (χ0) is 44.6. The Morgan fingerprint density at radius 2 is 1.00 bits per heavy atom. The van der Waals surface area contributed by atoms with Crippen molar-refractivity contribution in [1.29, 1.82) is 0 Å². The summed E-state index contributed by atoms with van der Waals surface area (Å²) in [6.45, 7) is 7.88. The molecule has 332 valence electrons. The number of aliphatic hydroxyl groups excluding tert-OH is 5. The number of carbonyl (C=O) groups excluding carboxylic acids is 1. The van der Waals surface area contributed by atoms with Crippen LogP contribution in [0.15, 0.2) is 84.9 Å². The Labute approximate surface area is 353 Å². The molecule has 4 aromatic carbocycles. The first kappa shape index (κ1) is 47.6. The van der Waals surface area contributed by atoms with Crippen molar-refractivity contribution in [2.45, 2.75) is 121 Å². The summed E-state index contributed by atoms with van der Waals surface area (Å²) < 4.78 is 77.2. The third kappa shape index (κ3) is 11.2. The van der Waals surface area contributed by atoms with E-state index in [4.69, 9.17) is 14.2 Å². The molecule has 2 fully saturated rings. The Balaban J connectivity index is 0.000000234. The van der Waals surface area contributed by atoms with E-state index in [1.54, 1.807) is 25.1 Å². The molecule has 2 heterocycles. The Morgan fingerprint density at radius 3 is 1.39 bits per heavy atom. The summed E-state index contributed by atoms with van der Waals surface area (Å²) >= 11 is 0. The van der Waals surface area contributed by atoms with Gasteiger partial charge >= 0.3 is 18.0 Å². The van der Waals surface area contributed by atoms with Crippen molar-refractivity contribution in [3.8, 4) is 0 Å². The molecule has 4 aromatic rings. The number of hydrogen-bond acceptors (Lipinski definition) is 10. The van der Waals surface area contributed by atoms with Crippen molar-refractivity contribution in [1.82, 2.24) is 0 Å². The van der Waals surface area contributed by atoms with E-state index >= 15 is 0 Å². The number of alkyl halides is 4. The molecule has 2 saturated heterocycles. The van der Waals surface area contributed by atoms with Gasteiger partial charge in [0.2, 0.25) is 0 Å². The standard InChI is InChI=1S/C25H30F2O6.C22H26F2O4/c1-4-16-7-9-17(10-8-16)12-19-13-18(11-6-15(19)3)22-21(28)23(29)25(26,27)20(33-22)14-32-24(30)31-5-2;1-3-14-5-7-15(8-6-14)10-17-11-16(9-4-13(17)2)20-19(26)21(27)22(23,24)18(12-25)28-20/h6-11,13,20-23,28-29H,4-5,12,14H2,1-3H3;4-9,11,18-21,25-27H,3,10,12H2,1-2H3. The zero-order valence-electron chi connectivity index (χ0n) is 34.9. The maximum absolute atomic E-state index is 14.6. The minimum absolute atomic E-state index is 0.0258. The predicted octanol–water partition coefficient (Wildman–Crippen LogP) is 7.06. The number of ether oxygens (including phenoxy) is 4. The number of benzene rings is 4. The van der Waals surface area contributed by atoms with E-state index in [0.29, 0.717) is 24.0 Å². The molecular weight excluding hydrogens is 800 g/mol. The molecule has 61 heavy (non-hydrogen) atoms. The molecule has 2 aliphatic rings. The molecule has 5 N–H and O–H groups in total. The third-order valence-corrected chi connectivity index (χ3v) is 11.4. The Hall–Kier alpha value is -4.41. The molecule has 8 atom stereocenters. The number of hydrogen-bond donors (Lipinski definition) is 5.